The maximum Gasteiger partial charge on any atom is 0.127 e. The lowest BCUT2D eigenvalue weighted by molar-refractivity contribution is 0.295. The smallest absolute Gasteiger partial charge is 0.127 e. The van der Waals surface area contributed by atoms with Gasteiger partial charge in [0, 0.05) is 26.0 Å². The van der Waals surface area contributed by atoms with Gasteiger partial charge in [-0.2, -0.15) is 0 Å². The number of hydrazine groups is 1. The highest BCUT2D eigenvalue weighted by molar-refractivity contribution is 5.83. The fraction of sp³-hybridized carbons (Fsp3) is 0.250. The average Bonchev–Trinajstić information content (AvgIpc) is 2.64. The lowest BCUT2D eigenvalue weighted by Gasteiger charge is -2.20. The Morgan fingerprint density at radius 2 is 2.00 bits per heavy atom. The van der Waals surface area contributed by atoms with Crippen LogP contribution in [-0.2, 0) is 6.61 Å². The Morgan fingerprint density at radius 3 is 2.62 bits per heavy atom. The van der Waals surface area contributed by atoms with E-state index in [0.29, 0.717) is 12.3 Å². The van der Waals surface area contributed by atoms with Crippen LogP contribution in [0.4, 0.5) is 5.69 Å². The van der Waals surface area contributed by atoms with Crippen molar-refractivity contribution < 1.29 is 9.47 Å². The summed E-state index contributed by atoms with van der Waals surface area (Å²) in [6, 6.07) is 11.5. The zero-order chi connectivity index (χ0) is 19.1. The SMILES string of the molecule is CN=CC=C(N)c1ccc(OCc2c(OC)cccc2N(C)N)c(C)c1. The zero-order valence-electron chi connectivity index (χ0n) is 15.7. The molecular weight excluding hydrogens is 328 g/mol. The third kappa shape index (κ3) is 4.55. The molecule has 0 amide bonds. The minimum Gasteiger partial charge on any atom is -0.496 e. The first-order valence-corrected chi connectivity index (χ1v) is 8.24. The second-order valence-corrected chi connectivity index (χ2v) is 5.87. The van der Waals surface area contributed by atoms with Crippen LogP contribution < -0.4 is 26.1 Å². The molecule has 6 heteroatoms. The third-order valence-electron chi connectivity index (χ3n) is 3.99. The topological polar surface area (TPSA) is 86.1 Å². The Kier molecular flexibility index (Phi) is 6.63. The minimum atomic E-state index is 0.342. The molecule has 6 nitrogen and oxygen atoms in total. The van der Waals surface area contributed by atoms with Gasteiger partial charge < -0.3 is 20.2 Å². The number of hydrogen-bond acceptors (Lipinski definition) is 6. The van der Waals surface area contributed by atoms with Crippen LogP contribution in [-0.4, -0.2) is 27.4 Å². The van der Waals surface area contributed by atoms with Crippen LogP contribution in [0.25, 0.3) is 5.70 Å². The first kappa shape index (κ1) is 19.3. The Morgan fingerprint density at radius 1 is 1.23 bits per heavy atom. The number of hydrogen-bond donors (Lipinski definition) is 2. The number of ether oxygens (including phenoxy) is 2. The fourth-order valence-corrected chi connectivity index (χ4v) is 2.61. The summed E-state index contributed by atoms with van der Waals surface area (Å²) in [5, 5.41) is 1.55. The molecular formula is C20H26N4O2. The molecule has 0 saturated carbocycles. The summed E-state index contributed by atoms with van der Waals surface area (Å²) in [6.07, 6.45) is 3.44. The molecule has 0 radical (unpaired) electrons. The molecule has 138 valence electrons. The van der Waals surface area contributed by atoms with E-state index in [-0.39, 0.29) is 0 Å². The Labute approximate surface area is 154 Å². The van der Waals surface area contributed by atoms with Gasteiger partial charge in [-0.15, -0.1) is 0 Å². The molecule has 0 fully saturated rings. The summed E-state index contributed by atoms with van der Waals surface area (Å²) in [4.78, 5) is 3.91. The summed E-state index contributed by atoms with van der Waals surface area (Å²) >= 11 is 0. The van der Waals surface area contributed by atoms with E-state index in [4.69, 9.17) is 21.1 Å². The number of benzene rings is 2. The lowest BCUT2D eigenvalue weighted by Crippen LogP contribution is -2.26. The summed E-state index contributed by atoms with van der Waals surface area (Å²) in [5.74, 6) is 7.44. The predicted molar refractivity (Wildman–Crippen MR) is 108 cm³/mol. The van der Waals surface area contributed by atoms with Crippen molar-refractivity contribution in [3.05, 3.63) is 59.2 Å². The van der Waals surface area contributed by atoms with Crippen LogP contribution in [0.15, 0.2) is 47.5 Å². The zero-order valence-corrected chi connectivity index (χ0v) is 15.7. The van der Waals surface area contributed by atoms with Gasteiger partial charge in [0.05, 0.1) is 18.4 Å². The molecule has 0 atom stereocenters. The number of nitrogens with zero attached hydrogens (tertiary/aromatic N) is 2. The summed E-state index contributed by atoms with van der Waals surface area (Å²) in [7, 11) is 5.12. The van der Waals surface area contributed by atoms with Gasteiger partial charge in [0.2, 0.25) is 0 Å². The van der Waals surface area contributed by atoms with E-state index >= 15 is 0 Å². The number of aliphatic imine (C=N–C) groups is 1. The van der Waals surface area contributed by atoms with Crippen molar-refractivity contribution in [3.63, 3.8) is 0 Å². The number of nitrogens with two attached hydrogens (primary N) is 2. The van der Waals surface area contributed by atoms with Gasteiger partial charge in [0.1, 0.15) is 18.1 Å². The van der Waals surface area contributed by atoms with Crippen molar-refractivity contribution >= 4 is 17.6 Å². The molecule has 0 aliphatic heterocycles. The highest BCUT2D eigenvalue weighted by Gasteiger charge is 2.13. The van der Waals surface area contributed by atoms with E-state index in [9.17, 15) is 0 Å². The highest BCUT2D eigenvalue weighted by atomic mass is 16.5. The first-order valence-electron chi connectivity index (χ1n) is 8.24. The van der Waals surface area contributed by atoms with Crippen molar-refractivity contribution in [1.82, 2.24) is 0 Å². The second-order valence-electron chi connectivity index (χ2n) is 5.87. The van der Waals surface area contributed by atoms with Crippen molar-refractivity contribution in [2.24, 2.45) is 16.6 Å². The van der Waals surface area contributed by atoms with Crippen LogP contribution in [0.1, 0.15) is 16.7 Å². The monoisotopic (exact) mass is 354 g/mol. The third-order valence-corrected chi connectivity index (χ3v) is 3.99. The summed E-state index contributed by atoms with van der Waals surface area (Å²) < 4.78 is 11.5. The van der Waals surface area contributed by atoms with Crippen LogP contribution in [0, 0.1) is 6.92 Å². The van der Waals surface area contributed by atoms with Crippen LogP contribution in [0.2, 0.25) is 0 Å². The van der Waals surface area contributed by atoms with Gasteiger partial charge in [0.15, 0.2) is 0 Å². The molecule has 0 heterocycles. The molecule has 0 aliphatic carbocycles. The molecule has 0 saturated heterocycles. The maximum atomic E-state index is 6.05. The van der Waals surface area contributed by atoms with Crippen LogP contribution in [0.5, 0.6) is 11.5 Å². The first-order chi connectivity index (χ1) is 12.5. The molecule has 0 aliphatic rings. The van der Waals surface area contributed by atoms with Gasteiger partial charge in [-0.3, -0.25) is 4.99 Å². The van der Waals surface area contributed by atoms with E-state index in [1.807, 2.05) is 43.3 Å². The second kappa shape index (κ2) is 8.92. The van der Waals surface area contributed by atoms with Gasteiger partial charge in [-0.1, -0.05) is 6.07 Å². The molecule has 0 unspecified atom stereocenters. The number of rotatable bonds is 7. The number of methoxy groups -OCH3 is 1. The molecule has 0 spiro atoms. The van der Waals surface area contributed by atoms with Gasteiger partial charge in [-0.05, 0) is 54.5 Å². The highest BCUT2D eigenvalue weighted by Crippen LogP contribution is 2.30. The predicted octanol–water partition coefficient (Wildman–Crippen LogP) is 2.89. The van der Waals surface area contributed by atoms with E-state index in [1.165, 1.54) is 0 Å². The average molecular weight is 354 g/mol. The standard InChI is InChI=1S/C20H26N4O2/c1-14-12-15(17(21)10-11-23-2)8-9-19(14)26-13-16-18(24(3)22)6-5-7-20(16)25-4/h5-12H,13,21-22H2,1-4H3. The van der Waals surface area contributed by atoms with E-state index < -0.39 is 0 Å². The van der Waals surface area contributed by atoms with Gasteiger partial charge >= 0.3 is 0 Å². The fourth-order valence-electron chi connectivity index (χ4n) is 2.61. The lowest BCUT2D eigenvalue weighted by atomic mass is 10.1. The number of anilines is 1. The Hall–Kier alpha value is -2.99. The number of aryl methyl sites for hydroxylation is 1. The Balaban J connectivity index is 2.23. The quantitative estimate of drug-likeness (QED) is 0.454. The summed E-state index contributed by atoms with van der Waals surface area (Å²) in [6.45, 7) is 2.33. The van der Waals surface area contributed by atoms with Crippen LogP contribution in [0.3, 0.4) is 0 Å². The van der Waals surface area contributed by atoms with Crippen molar-refractivity contribution in [2.75, 3.05) is 26.2 Å². The minimum absolute atomic E-state index is 0.342. The van der Waals surface area contributed by atoms with Crippen LogP contribution >= 0.6 is 0 Å². The largest absolute Gasteiger partial charge is 0.496 e. The van der Waals surface area contributed by atoms with Crippen molar-refractivity contribution in [2.45, 2.75) is 13.5 Å². The van der Waals surface area contributed by atoms with E-state index in [0.717, 1.165) is 33.9 Å². The van der Waals surface area contributed by atoms with Gasteiger partial charge in [-0.25, -0.2) is 5.84 Å². The Bertz CT molecular complexity index is 813. The van der Waals surface area contributed by atoms with Gasteiger partial charge in [0.25, 0.3) is 0 Å². The molecule has 2 aromatic rings. The van der Waals surface area contributed by atoms with Crippen molar-refractivity contribution in [3.8, 4) is 11.5 Å². The molecule has 4 N–H and O–H groups in total. The van der Waals surface area contributed by atoms with E-state index in [2.05, 4.69) is 4.99 Å². The molecule has 2 rings (SSSR count). The normalized spacial score (nSPS) is 11.7. The molecule has 2 aromatic carbocycles. The van der Waals surface area contributed by atoms with Crippen molar-refractivity contribution in [1.29, 1.82) is 0 Å². The molecule has 26 heavy (non-hydrogen) atoms. The molecule has 0 aromatic heterocycles. The number of allylic oxidation sites excluding steroid dienone is 1. The maximum absolute atomic E-state index is 6.05. The van der Waals surface area contributed by atoms with E-state index in [1.54, 1.807) is 38.5 Å². The summed E-state index contributed by atoms with van der Waals surface area (Å²) in [5.41, 5.74) is 10.4. The molecule has 0 bridgehead atoms.